The lowest BCUT2D eigenvalue weighted by molar-refractivity contribution is 0.0783. The molecule has 2 aromatic rings. The quantitative estimate of drug-likeness (QED) is 0.868. The lowest BCUT2D eigenvalue weighted by atomic mass is 9.99. The molecule has 1 aromatic carbocycles. The van der Waals surface area contributed by atoms with Crippen molar-refractivity contribution in [3.8, 4) is 0 Å². The zero-order valence-electron chi connectivity index (χ0n) is 13.4. The predicted octanol–water partition coefficient (Wildman–Crippen LogP) is 3.63. The van der Waals surface area contributed by atoms with Crippen molar-refractivity contribution in [3.63, 3.8) is 0 Å². The van der Waals surface area contributed by atoms with E-state index in [2.05, 4.69) is 29.4 Å². The first-order valence-electron chi connectivity index (χ1n) is 8.70. The smallest absolute Gasteiger partial charge is 0.274 e. The third-order valence-corrected chi connectivity index (χ3v) is 5.27. The highest BCUT2D eigenvalue weighted by Crippen LogP contribution is 2.30. The Morgan fingerprint density at radius 2 is 1.83 bits per heavy atom. The molecule has 4 heteroatoms. The molecule has 23 heavy (non-hydrogen) atoms. The number of nitrogens with zero attached hydrogens (tertiary/aromatic N) is 3. The highest BCUT2D eigenvalue weighted by Gasteiger charge is 2.29. The molecule has 2 heterocycles. The van der Waals surface area contributed by atoms with Crippen LogP contribution in [0.4, 0.5) is 0 Å². The molecule has 1 aromatic heterocycles. The fraction of sp³-hybridized carbons (Fsp3) is 0.474. The van der Waals surface area contributed by atoms with Gasteiger partial charge in [0, 0.05) is 25.2 Å². The molecule has 0 N–H and O–H groups in total. The summed E-state index contributed by atoms with van der Waals surface area (Å²) in [6, 6.07) is 12.9. The molecule has 2 aliphatic rings. The van der Waals surface area contributed by atoms with E-state index in [-0.39, 0.29) is 5.91 Å². The van der Waals surface area contributed by atoms with Crippen molar-refractivity contribution in [2.24, 2.45) is 0 Å². The third kappa shape index (κ3) is 2.90. The average Bonchev–Trinajstić information content (AvgIpc) is 3.35. The molecule has 4 nitrogen and oxygen atoms in total. The van der Waals surface area contributed by atoms with E-state index in [1.165, 1.54) is 31.2 Å². The summed E-state index contributed by atoms with van der Waals surface area (Å²) in [4.78, 5) is 14.7. The van der Waals surface area contributed by atoms with Crippen LogP contribution in [-0.2, 0) is 0 Å². The summed E-state index contributed by atoms with van der Waals surface area (Å²) in [6.45, 7) is 1.63. The fourth-order valence-electron chi connectivity index (χ4n) is 3.93. The molecule has 1 aliphatic carbocycles. The van der Waals surface area contributed by atoms with Gasteiger partial charge in [-0.3, -0.25) is 9.48 Å². The summed E-state index contributed by atoms with van der Waals surface area (Å²) in [5, 5.41) is 4.56. The Labute approximate surface area is 137 Å². The van der Waals surface area contributed by atoms with Gasteiger partial charge in [-0.05, 0) is 30.9 Å². The van der Waals surface area contributed by atoms with E-state index in [1.807, 2.05) is 27.9 Å². The van der Waals surface area contributed by atoms with Gasteiger partial charge in [-0.25, -0.2) is 0 Å². The number of carbonyl (C=O) groups is 1. The molecule has 2 fully saturated rings. The number of likely N-dealkylation sites (tertiary alicyclic amines) is 1. The minimum absolute atomic E-state index is 0.0835. The lowest BCUT2D eigenvalue weighted by Gasteiger charge is -2.15. The Kier molecular flexibility index (Phi) is 3.90. The topological polar surface area (TPSA) is 38.1 Å². The molecule has 0 spiro atoms. The SMILES string of the molecule is O=C(c1ccn(C2CCCC2)n1)N1CCC(c2ccccc2)C1. The molecule has 1 aliphatic heterocycles. The molecule has 1 amide bonds. The standard InChI is InChI=1S/C19H23N3O/c23-19(18-11-13-22(20-18)17-8-4-5-9-17)21-12-10-16(14-21)15-6-2-1-3-7-15/h1-3,6-7,11,13,16-17H,4-5,8-10,12,14H2. The summed E-state index contributed by atoms with van der Waals surface area (Å²) in [6.07, 6.45) is 7.95. The van der Waals surface area contributed by atoms with E-state index in [0.29, 0.717) is 17.7 Å². The van der Waals surface area contributed by atoms with Gasteiger partial charge in [-0.15, -0.1) is 0 Å². The molecule has 1 saturated carbocycles. The molecule has 1 unspecified atom stereocenters. The van der Waals surface area contributed by atoms with Crippen LogP contribution < -0.4 is 0 Å². The number of aromatic nitrogens is 2. The monoisotopic (exact) mass is 309 g/mol. The molecular weight excluding hydrogens is 286 g/mol. The van der Waals surface area contributed by atoms with E-state index in [9.17, 15) is 4.79 Å². The molecule has 0 radical (unpaired) electrons. The second-order valence-electron chi connectivity index (χ2n) is 6.77. The van der Waals surface area contributed by atoms with Crippen LogP contribution in [0.3, 0.4) is 0 Å². The third-order valence-electron chi connectivity index (χ3n) is 5.27. The second kappa shape index (κ2) is 6.19. The summed E-state index contributed by atoms with van der Waals surface area (Å²) in [5.41, 5.74) is 1.94. The maximum Gasteiger partial charge on any atom is 0.274 e. The van der Waals surface area contributed by atoms with Crippen molar-refractivity contribution in [1.29, 1.82) is 0 Å². The minimum atomic E-state index is 0.0835. The number of benzene rings is 1. The number of rotatable bonds is 3. The van der Waals surface area contributed by atoms with Crippen LogP contribution in [0.5, 0.6) is 0 Å². The Morgan fingerprint density at radius 1 is 1.04 bits per heavy atom. The fourth-order valence-corrected chi connectivity index (χ4v) is 3.93. The van der Waals surface area contributed by atoms with Crippen molar-refractivity contribution >= 4 is 5.91 Å². The van der Waals surface area contributed by atoms with Crippen molar-refractivity contribution in [2.45, 2.75) is 44.1 Å². The zero-order valence-corrected chi connectivity index (χ0v) is 13.4. The zero-order chi connectivity index (χ0) is 15.6. The molecule has 1 saturated heterocycles. The van der Waals surface area contributed by atoms with Crippen molar-refractivity contribution in [1.82, 2.24) is 14.7 Å². The van der Waals surface area contributed by atoms with Crippen molar-refractivity contribution < 1.29 is 4.79 Å². The van der Waals surface area contributed by atoms with Gasteiger partial charge in [-0.1, -0.05) is 43.2 Å². The number of hydrogen-bond donors (Lipinski definition) is 0. The maximum atomic E-state index is 12.7. The number of hydrogen-bond acceptors (Lipinski definition) is 2. The predicted molar refractivity (Wildman–Crippen MR) is 89.4 cm³/mol. The molecule has 0 bridgehead atoms. The Hall–Kier alpha value is -2.10. The van der Waals surface area contributed by atoms with Gasteiger partial charge >= 0.3 is 0 Å². The van der Waals surface area contributed by atoms with E-state index in [1.54, 1.807) is 0 Å². The Bertz CT molecular complexity index is 673. The van der Waals surface area contributed by atoms with Gasteiger partial charge < -0.3 is 4.90 Å². The van der Waals surface area contributed by atoms with Gasteiger partial charge in [-0.2, -0.15) is 5.10 Å². The lowest BCUT2D eigenvalue weighted by Crippen LogP contribution is -2.29. The number of amides is 1. The van der Waals surface area contributed by atoms with Crippen molar-refractivity contribution in [2.75, 3.05) is 13.1 Å². The number of carbonyl (C=O) groups excluding carboxylic acids is 1. The highest BCUT2D eigenvalue weighted by molar-refractivity contribution is 5.92. The first-order valence-corrected chi connectivity index (χ1v) is 8.70. The van der Waals surface area contributed by atoms with Crippen LogP contribution >= 0.6 is 0 Å². The Morgan fingerprint density at radius 3 is 2.61 bits per heavy atom. The average molecular weight is 309 g/mol. The van der Waals surface area contributed by atoms with Crippen LogP contribution in [0.1, 0.15) is 60.1 Å². The van der Waals surface area contributed by atoms with E-state index < -0.39 is 0 Å². The van der Waals surface area contributed by atoms with Gasteiger partial charge in [0.2, 0.25) is 0 Å². The first-order chi connectivity index (χ1) is 11.3. The summed E-state index contributed by atoms with van der Waals surface area (Å²) >= 11 is 0. The van der Waals surface area contributed by atoms with Crippen LogP contribution in [0.25, 0.3) is 0 Å². The van der Waals surface area contributed by atoms with Gasteiger partial charge in [0.1, 0.15) is 5.69 Å². The summed E-state index contributed by atoms with van der Waals surface area (Å²) in [7, 11) is 0. The second-order valence-corrected chi connectivity index (χ2v) is 6.77. The Balaban J connectivity index is 1.43. The van der Waals surface area contributed by atoms with Gasteiger partial charge in [0.05, 0.1) is 6.04 Å². The van der Waals surface area contributed by atoms with E-state index >= 15 is 0 Å². The van der Waals surface area contributed by atoms with Crippen molar-refractivity contribution in [3.05, 3.63) is 53.9 Å². The maximum absolute atomic E-state index is 12.7. The van der Waals surface area contributed by atoms with Crippen LogP contribution in [0.15, 0.2) is 42.6 Å². The van der Waals surface area contributed by atoms with Crippen LogP contribution in [0, 0.1) is 0 Å². The van der Waals surface area contributed by atoms with E-state index in [4.69, 9.17) is 0 Å². The molecular formula is C19H23N3O. The molecule has 120 valence electrons. The van der Waals surface area contributed by atoms with Crippen LogP contribution in [-0.4, -0.2) is 33.7 Å². The van der Waals surface area contributed by atoms with Gasteiger partial charge in [0.15, 0.2) is 0 Å². The van der Waals surface area contributed by atoms with E-state index in [0.717, 1.165) is 19.5 Å². The normalized spacial score (nSPS) is 21.9. The van der Waals surface area contributed by atoms with Crippen LogP contribution in [0.2, 0.25) is 0 Å². The molecule has 4 rings (SSSR count). The summed E-state index contributed by atoms with van der Waals surface area (Å²) in [5.74, 6) is 0.539. The summed E-state index contributed by atoms with van der Waals surface area (Å²) < 4.78 is 2.00. The van der Waals surface area contributed by atoms with Gasteiger partial charge in [0.25, 0.3) is 5.91 Å². The highest BCUT2D eigenvalue weighted by atomic mass is 16.2. The minimum Gasteiger partial charge on any atom is -0.337 e. The molecule has 1 atom stereocenters. The first kappa shape index (κ1) is 14.5. The largest absolute Gasteiger partial charge is 0.337 e.